The zero-order valence-corrected chi connectivity index (χ0v) is 21.7. The topological polar surface area (TPSA) is 178 Å². The van der Waals surface area contributed by atoms with Gasteiger partial charge in [-0.2, -0.15) is 16.6 Å². The Kier molecular flexibility index (Phi) is 6.26. The second-order valence-corrected chi connectivity index (χ2v) is 11.4. The van der Waals surface area contributed by atoms with Crippen LogP contribution in [0, 0.1) is 11.3 Å². The number of carbonyl (C=O) groups excluding carboxylic acids is 1. The first kappa shape index (κ1) is 24.6. The Morgan fingerprint density at radius 3 is 2.46 bits per heavy atom. The monoisotopic (exact) mass is 567 g/mol. The molecule has 5 rings (SSSR count). The first-order valence-corrected chi connectivity index (χ1v) is 13.9. The largest absolute Gasteiger partial charge is 0.397 e. The molecular weight excluding hydrogens is 554 g/mol. The minimum Gasteiger partial charge on any atom is -0.397 e. The van der Waals surface area contributed by atoms with Crippen molar-refractivity contribution in [2.24, 2.45) is 0 Å². The molecule has 0 unspecified atom stereocenters. The molecule has 5 N–H and O–H groups in total. The van der Waals surface area contributed by atoms with Crippen LogP contribution in [0.25, 0.3) is 21.3 Å². The quantitative estimate of drug-likeness (QED) is 0.248. The number of nitrogen functional groups attached to an aromatic ring is 2. The van der Waals surface area contributed by atoms with Gasteiger partial charge in [0.1, 0.15) is 27.2 Å². The molecule has 0 radical (unpaired) electrons. The smallest absolute Gasteiger partial charge is 0.263 e. The van der Waals surface area contributed by atoms with Gasteiger partial charge in [0.25, 0.3) is 10.0 Å². The van der Waals surface area contributed by atoms with E-state index in [2.05, 4.69) is 26.0 Å². The molecule has 1 aromatic carbocycles. The summed E-state index contributed by atoms with van der Waals surface area (Å²) in [6, 6.07) is 12.1. The van der Waals surface area contributed by atoms with Crippen LogP contribution >= 0.6 is 34.3 Å². The van der Waals surface area contributed by atoms with E-state index >= 15 is 0 Å². The van der Waals surface area contributed by atoms with E-state index < -0.39 is 15.8 Å². The highest BCUT2D eigenvalue weighted by Crippen LogP contribution is 2.43. The van der Waals surface area contributed by atoms with Gasteiger partial charge in [-0.1, -0.05) is 11.6 Å². The molecule has 14 heteroatoms. The third kappa shape index (κ3) is 4.47. The summed E-state index contributed by atoms with van der Waals surface area (Å²) in [4.78, 5) is 18.2. The maximum absolute atomic E-state index is 13.4. The van der Waals surface area contributed by atoms with E-state index in [9.17, 15) is 18.5 Å². The molecule has 0 atom stereocenters. The number of halogens is 1. The van der Waals surface area contributed by atoms with Gasteiger partial charge in [-0.25, -0.2) is 13.4 Å². The highest BCUT2D eigenvalue weighted by atomic mass is 35.5. The van der Waals surface area contributed by atoms with Crippen LogP contribution < -0.4 is 16.2 Å². The average Bonchev–Trinajstić information content (AvgIpc) is 3.52. The summed E-state index contributed by atoms with van der Waals surface area (Å²) in [5.41, 5.74) is 14.3. The highest BCUT2D eigenvalue weighted by Gasteiger charge is 2.25. The van der Waals surface area contributed by atoms with Crippen LogP contribution in [-0.2, 0) is 10.0 Å². The van der Waals surface area contributed by atoms with Crippen molar-refractivity contribution in [1.82, 2.24) is 15.2 Å². The van der Waals surface area contributed by atoms with Gasteiger partial charge in [-0.05, 0) is 58.8 Å². The molecule has 0 aliphatic rings. The van der Waals surface area contributed by atoms with Crippen molar-refractivity contribution in [2.75, 3.05) is 16.2 Å². The number of rotatable bonds is 6. The number of aromatic nitrogens is 3. The van der Waals surface area contributed by atoms with Gasteiger partial charge in [0.15, 0.2) is 11.0 Å². The van der Waals surface area contributed by atoms with Crippen molar-refractivity contribution in [2.45, 2.75) is 4.90 Å². The van der Waals surface area contributed by atoms with Gasteiger partial charge in [-0.15, -0.1) is 21.5 Å². The van der Waals surface area contributed by atoms with Crippen LogP contribution in [0.3, 0.4) is 0 Å². The van der Waals surface area contributed by atoms with Crippen molar-refractivity contribution >= 4 is 77.6 Å². The van der Waals surface area contributed by atoms with E-state index in [-0.39, 0.29) is 43.4 Å². The number of sulfonamides is 1. The van der Waals surface area contributed by atoms with E-state index in [1.54, 1.807) is 0 Å². The number of nitrogens with two attached hydrogens (primary N) is 2. The summed E-state index contributed by atoms with van der Waals surface area (Å²) in [5.74, 6) is -0.384. The molecule has 0 aliphatic heterocycles. The van der Waals surface area contributed by atoms with Gasteiger partial charge in [0.05, 0.1) is 10.6 Å². The molecule has 0 fully saturated rings. The summed E-state index contributed by atoms with van der Waals surface area (Å²) < 4.78 is 27.7. The van der Waals surface area contributed by atoms with Crippen molar-refractivity contribution in [1.29, 1.82) is 5.26 Å². The lowest BCUT2D eigenvalue weighted by molar-refractivity contribution is 0.104. The maximum Gasteiger partial charge on any atom is 0.263 e. The lowest BCUT2D eigenvalue weighted by Gasteiger charge is -2.08. The lowest BCUT2D eigenvalue weighted by Crippen LogP contribution is -2.14. The van der Waals surface area contributed by atoms with E-state index in [1.807, 2.05) is 16.8 Å². The van der Waals surface area contributed by atoms with Crippen LogP contribution in [0.2, 0.25) is 5.15 Å². The van der Waals surface area contributed by atoms with E-state index in [0.717, 1.165) is 16.9 Å². The molecule has 10 nitrogen and oxygen atoms in total. The number of ketones is 1. The number of hydrogen-bond acceptors (Lipinski definition) is 11. The number of carbonyl (C=O) groups is 1. The number of nitrogens with zero attached hydrogens (tertiary/aromatic N) is 4. The fraction of sp³-hybridized carbons (Fsp3) is 0. The number of benzene rings is 1. The second-order valence-electron chi connectivity index (χ2n) is 7.60. The van der Waals surface area contributed by atoms with E-state index in [0.29, 0.717) is 15.8 Å². The average molecular weight is 568 g/mol. The number of fused-ring (bicyclic) bond motifs is 1. The van der Waals surface area contributed by atoms with Crippen LogP contribution in [0.1, 0.15) is 20.8 Å². The predicted molar refractivity (Wildman–Crippen MR) is 144 cm³/mol. The predicted octanol–water partition coefficient (Wildman–Crippen LogP) is 4.54. The minimum absolute atomic E-state index is 0.00691. The van der Waals surface area contributed by atoms with Crippen LogP contribution in [0.4, 0.5) is 17.3 Å². The van der Waals surface area contributed by atoms with Gasteiger partial charge in [0, 0.05) is 16.5 Å². The second kappa shape index (κ2) is 9.41. The number of thiophene rings is 2. The highest BCUT2D eigenvalue weighted by molar-refractivity contribution is 7.92. The van der Waals surface area contributed by atoms with Gasteiger partial charge < -0.3 is 11.5 Å². The molecule has 0 saturated heterocycles. The Bertz CT molecular complexity index is 1810. The molecule has 0 saturated carbocycles. The number of nitriles is 1. The van der Waals surface area contributed by atoms with E-state index in [1.165, 1.54) is 47.7 Å². The van der Waals surface area contributed by atoms with Gasteiger partial charge >= 0.3 is 0 Å². The number of pyridine rings is 1. The first-order chi connectivity index (χ1) is 17.7. The summed E-state index contributed by atoms with van der Waals surface area (Å²) >= 11 is 8.18. The summed E-state index contributed by atoms with van der Waals surface area (Å²) in [6.07, 6.45) is 0. The Labute approximate surface area is 223 Å². The molecule has 37 heavy (non-hydrogen) atoms. The van der Waals surface area contributed by atoms with Crippen molar-refractivity contribution < 1.29 is 13.2 Å². The number of nitrogens with one attached hydrogen (secondary N) is 1. The van der Waals surface area contributed by atoms with E-state index in [4.69, 9.17) is 23.1 Å². The Morgan fingerprint density at radius 2 is 1.84 bits per heavy atom. The molecule has 5 aromatic rings. The fourth-order valence-corrected chi connectivity index (χ4v) is 6.45. The van der Waals surface area contributed by atoms with Crippen molar-refractivity contribution in [3.63, 3.8) is 0 Å². The van der Waals surface area contributed by atoms with Gasteiger partial charge in [-0.3, -0.25) is 9.52 Å². The molecule has 0 bridgehead atoms. The van der Waals surface area contributed by atoms with Crippen molar-refractivity contribution in [3.05, 3.63) is 74.4 Å². The summed E-state index contributed by atoms with van der Waals surface area (Å²) in [7, 11) is -3.99. The minimum atomic E-state index is -3.99. The number of anilines is 3. The lowest BCUT2D eigenvalue weighted by atomic mass is 9.99. The van der Waals surface area contributed by atoms with Crippen LogP contribution in [0.15, 0.2) is 58.1 Å². The molecule has 0 spiro atoms. The normalized spacial score (nSPS) is 11.4. The zero-order valence-electron chi connectivity index (χ0n) is 18.5. The number of hydrogen-bond donors (Lipinski definition) is 3. The molecule has 0 aliphatic carbocycles. The Hall–Kier alpha value is -4.09. The van der Waals surface area contributed by atoms with Crippen LogP contribution in [0.5, 0.6) is 0 Å². The third-order valence-electron chi connectivity index (χ3n) is 5.33. The zero-order chi connectivity index (χ0) is 26.3. The molecular formula is C23H14ClN7O3S3. The van der Waals surface area contributed by atoms with Crippen molar-refractivity contribution in [3.8, 4) is 17.2 Å². The van der Waals surface area contributed by atoms with Gasteiger partial charge in [0.2, 0.25) is 5.78 Å². The molecule has 0 amide bonds. The molecule has 4 heterocycles. The fourth-order valence-electron chi connectivity index (χ4n) is 3.63. The standard InChI is InChI=1S/C23H14ClN7O3S3/c24-15-5-6-16(30-29-15)31-37(33,34)13-3-1-11(2-4-13)20(32)21-19(26)18-17(12-7-8-35-10-12)14(9-25)22(27)28-23(18)36-21/h1-8,10H,26H2,(H2,27,28)(H,30,31). The molecule has 184 valence electrons. The Morgan fingerprint density at radius 1 is 1.08 bits per heavy atom. The summed E-state index contributed by atoms with van der Waals surface area (Å²) in [5, 5.41) is 21.3. The Balaban J connectivity index is 1.51. The summed E-state index contributed by atoms with van der Waals surface area (Å²) in [6.45, 7) is 0. The van der Waals surface area contributed by atoms with Crippen LogP contribution in [-0.4, -0.2) is 29.4 Å². The first-order valence-electron chi connectivity index (χ1n) is 10.3. The molecule has 4 aromatic heterocycles. The third-order valence-corrected chi connectivity index (χ3v) is 8.68. The maximum atomic E-state index is 13.4. The SMILES string of the molecule is N#Cc1c(N)nc2sc(C(=O)c3ccc(S(=O)(=O)Nc4ccc(Cl)nn4)cc3)c(N)c2c1-c1ccsc1.